The minimum absolute atomic E-state index is 0.0827. The van der Waals surface area contributed by atoms with Crippen LogP contribution >= 0.6 is 0 Å². The summed E-state index contributed by atoms with van der Waals surface area (Å²) in [6.45, 7) is 10.2. The van der Waals surface area contributed by atoms with Crippen molar-refractivity contribution < 1.29 is 28.3 Å². The van der Waals surface area contributed by atoms with Crippen LogP contribution in [-0.4, -0.2) is 35.6 Å². The van der Waals surface area contributed by atoms with Crippen LogP contribution in [0.3, 0.4) is 0 Å². The highest BCUT2D eigenvalue weighted by Gasteiger charge is 2.24. The van der Waals surface area contributed by atoms with E-state index in [0.29, 0.717) is 28.7 Å². The van der Waals surface area contributed by atoms with Crippen LogP contribution in [0.5, 0.6) is 0 Å². The Labute approximate surface area is 208 Å². The van der Waals surface area contributed by atoms with Gasteiger partial charge in [0.2, 0.25) is 5.91 Å². The summed E-state index contributed by atoms with van der Waals surface area (Å²) >= 11 is 0. The van der Waals surface area contributed by atoms with Gasteiger partial charge in [-0.05, 0) is 50.2 Å². The van der Waals surface area contributed by atoms with E-state index >= 15 is 0 Å². The summed E-state index contributed by atoms with van der Waals surface area (Å²) in [6.07, 6.45) is 2.19. The lowest BCUT2D eigenvalue weighted by Gasteiger charge is -2.17. The second-order valence-corrected chi connectivity index (χ2v) is 10.0. The minimum Gasteiger partial charge on any atom is -0.480 e. The molecule has 0 radical (unpaired) electrons. The average molecular weight is 500 g/mol. The number of hydrogen-bond donors (Lipinski definition) is 4. The van der Waals surface area contributed by atoms with Gasteiger partial charge in [0.15, 0.2) is 0 Å². The summed E-state index contributed by atoms with van der Waals surface area (Å²) < 4.78 is 11.5. The molecule has 194 valence electrons. The molecule has 10 heteroatoms. The van der Waals surface area contributed by atoms with Crippen LogP contribution in [-0.2, 0) is 21.4 Å². The molecule has 3 amide bonds. The maximum Gasteiger partial charge on any atom is 0.339 e. The number of nitrogens with two attached hydrogens (primary N) is 1. The van der Waals surface area contributed by atoms with E-state index in [1.54, 1.807) is 6.26 Å². The summed E-state index contributed by atoms with van der Waals surface area (Å²) in [4.78, 5) is 47.5. The fourth-order valence-corrected chi connectivity index (χ4v) is 4.35. The third kappa shape index (κ3) is 5.69. The molecule has 0 fully saturated rings. The number of nitrogens with one attached hydrogen (secondary N) is 2. The monoisotopic (exact) mass is 499 g/mol. The number of aryl methyl sites for hydroxylation is 2. The molecule has 0 saturated carbocycles. The molecule has 3 rings (SSSR count). The smallest absolute Gasteiger partial charge is 0.339 e. The third-order valence-corrected chi connectivity index (χ3v) is 6.35. The van der Waals surface area contributed by atoms with Gasteiger partial charge in [0.1, 0.15) is 17.2 Å². The Kier molecular flexibility index (Phi) is 7.76. The van der Waals surface area contributed by atoms with E-state index in [9.17, 15) is 24.3 Å². The Morgan fingerprint density at radius 2 is 1.81 bits per heavy atom. The molecule has 10 nitrogen and oxygen atoms in total. The number of furan rings is 1. The maximum atomic E-state index is 12.8. The van der Waals surface area contributed by atoms with Gasteiger partial charge in [-0.2, -0.15) is 0 Å². The number of urea groups is 1. The number of rotatable bonds is 9. The molecule has 0 aliphatic rings. The lowest BCUT2D eigenvalue weighted by atomic mass is 9.86. The molecule has 3 aromatic rings. The molecule has 1 aromatic carbocycles. The first-order valence-electron chi connectivity index (χ1n) is 11.8. The van der Waals surface area contributed by atoms with Crippen LogP contribution in [0, 0.1) is 13.8 Å². The number of benzene rings is 1. The fraction of sp³-hybridized carbons (Fsp3) is 0.462. The zero-order chi connectivity index (χ0) is 26.8. The highest BCUT2D eigenvalue weighted by Crippen LogP contribution is 2.37. The standard InChI is InChI=1S/C26H33N3O7/c1-13-15(8-9-20(30)29-19(23(31)32)7-6-10-28-25(27)34)24(33)36-22-14(2)21-17(11-16(13)22)18(12-35-21)26(3,4)5/h11-12,19H,6-10H2,1-5H3,(H,29,30)(H,31,32)(H3,27,28,34)/t19-/m0/s1. The fourth-order valence-electron chi connectivity index (χ4n) is 4.35. The number of primary amides is 1. The van der Waals surface area contributed by atoms with Crippen molar-refractivity contribution in [1.82, 2.24) is 10.6 Å². The molecule has 1 atom stereocenters. The molecule has 2 heterocycles. The van der Waals surface area contributed by atoms with Gasteiger partial charge in [0.25, 0.3) is 0 Å². The lowest BCUT2D eigenvalue weighted by Crippen LogP contribution is -2.41. The minimum atomic E-state index is -1.18. The molecular weight excluding hydrogens is 466 g/mol. The molecule has 2 aromatic heterocycles. The highest BCUT2D eigenvalue weighted by atomic mass is 16.4. The molecule has 0 bridgehead atoms. The summed E-state index contributed by atoms with van der Waals surface area (Å²) in [7, 11) is 0. The van der Waals surface area contributed by atoms with E-state index in [2.05, 4.69) is 31.4 Å². The molecule has 0 unspecified atom stereocenters. The van der Waals surface area contributed by atoms with Crippen LogP contribution in [0.1, 0.15) is 62.3 Å². The quantitative estimate of drug-likeness (QED) is 0.259. The van der Waals surface area contributed by atoms with Gasteiger partial charge in [-0.1, -0.05) is 20.8 Å². The Hall–Kier alpha value is -3.82. The van der Waals surface area contributed by atoms with E-state index in [1.807, 2.05) is 19.9 Å². The zero-order valence-electron chi connectivity index (χ0n) is 21.2. The number of hydrogen-bond acceptors (Lipinski definition) is 6. The predicted octanol–water partition coefficient (Wildman–Crippen LogP) is 3.40. The number of carbonyl (C=O) groups excluding carboxylic acids is 2. The largest absolute Gasteiger partial charge is 0.480 e. The number of carbonyl (C=O) groups is 3. The number of fused-ring (bicyclic) bond motifs is 2. The second kappa shape index (κ2) is 10.4. The van der Waals surface area contributed by atoms with Crippen molar-refractivity contribution >= 4 is 39.8 Å². The van der Waals surface area contributed by atoms with Gasteiger partial charge in [0.05, 0.1) is 6.26 Å². The van der Waals surface area contributed by atoms with Crippen LogP contribution < -0.4 is 22.0 Å². The predicted molar refractivity (Wildman–Crippen MR) is 135 cm³/mol. The molecular formula is C26H33N3O7. The topological polar surface area (TPSA) is 165 Å². The van der Waals surface area contributed by atoms with Gasteiger partial charge in [-0.25, -0.2) is 14.4 Å². The SMILES string of the molecule is Cc1c(CCC(=O)N[C@@H](CCCNC(N)=O)C(=O)O)c(=O)oc2c(C)c3occ(C(C)(C)C)c3cc12. The summed E-state index contributed by atoms with van der Waals surface area (Å²) in [5, 5.41) is 16.0. The first kappa shape index (κ1) is 26.8. The van der Waals surface area contributed by atoms with Gasteiger partial charge < -0.3 is 30.3 Å². The van der Waals surface area contributed by atoms with Crippen molar-refractivity contribution in [2.24, 2.45) is 5.73 Å². The highest BCUT2D eigenvalue weighted by molar-refractivity contribution is 6.00. The number of aliphatic carboxylic acids is 1. The average Bonchev–Trinajstić information content (AvgIpc) is 3.21. The normalized spacial score (nSPS) is 12.6. The zero-order valence-corrected chi connectivity index (χ0v) is 21.2. The molecule has 5 N–H and O–H groups in total. The lowest BCUT2D eigenvalue weighted by molar-refractivity contribution is -0.142. The van der Waals surface area contributed by atoms with Crippen molar-refractivity contribution in [3.8, 4) is 0 Å². The van der Waals surface area contributed by atoms with Crippen molar-refractivity contribution in [3.63, 3.8) is 0 Å². The molecule has 36 heavy (non-hydrogen) atoms. The van der Waals surface area contributed by atoms with Gasteiger partial charge in [0, 0.05) is 40.4 Å². The van der Waals surface area contributed by atoms with Crippen molar-refractivity contribution in [1.29, 1.82) is 0 Å². The van der Waals surface area contributed by atoms with E-state index in [-0.39, 0.29) is 31.2 Å². The summed E-state index contributed by atoms with van der Waals surface area (Å²) in [5.41, 5.74) is 8.28. The third-order valence-electron chi connectivity index (χ3n) is 6.35. The van der Waals surface area contributed by atoms with E-state index in [4.69, 9.17) is 14.6 Å². The Bertz CT molecular complexity index is 1380. The van der Waals surface area contributed by atoms with Crippen molar-refractivity contribution in [2.75, 3.05) is 6.54 Å². The Morgan fingerprint density at radius 1 is 1.11 bits per heavy atom. The van der Waals surface area contributed by atoms with Crippen LogP contribution in [0.2, 0.25) is 0 Å². The second-order valence-electron chi connectivity index (χ2n) is 10.0. The van der Waals surface area contributed by atoms with Gasteiger partial charge >= 0.3 is 17.6 Å². The van der Waals surface area contributed by atoms with E-state index < -0.39 is 29.6 Å². The van der Waals surface area contributed by atoms with Crippen molar-refractivity contribution in [2.45, 2.75) is 71.8 Å². The van der Waals surface area contributed by atoms with Gasteiger partial charge in [-0.15, -0.1) is 0 Å². The first-order valence-corrected chi connectivity index (χ1v) is 11.8. The van der Waals surface area contributed by atoms with E-state index in [1.165, 1.54) is 0 Å². The molecule has 0 saturated heterocycles. The number of carboxylic acids is 1. The Morgan fingerprint density at radius 3 is 2.42 bits per heavy atom. The molecule has 0 spiro atoms. The van der Waals surface area contributed by atoms with Crippen LogP contribution in [0.4, 0.5) is 4.79 Å². The maximum absolute atomic E-state index is 12.8. The van der Waals surface area contributed by atoms with Crippen LogP contribution in [0.25, 0.3) is 21.9 Å². The Balaban J connectivity index is 1.82. The van der Waals surface area contributed by atoms with Crippen molar-refractivity contribution in [3.05, 3.63) is 45.0 Å². The first-order chi connectivity index (χ1) is 16.8. The summed E-state index contributed by atoms with van der Waals surface area (Å²) in [6, 6.07) is 0.146. The number of amides is 3. The van der Waals surface area contributed by atoms with Gasteiger partial charge in [-0.3, -0.25) is 4.79 Å². The molecule has 0 aliphatic carbocycles. The van der Waals surface area contributed by atoms with Crippen LogP contribution in [0.15, 0.2) is 26.0 Å². The summed E-state index contributed by atoms with van der Waals surface area (Å²) in [5.74, 6) is -1.68. The molecule has 0 aliphatic heterocycles. The van der Waals surface area contributed by atoms with E-state index in [0.717, 1.165) is 21.9 Å². The number of carboxylic acid groups (broad SMARTS) is 1.